The Morgan fingerprint density at radius 2 is 2.08 bits per heavy atom. The van der Waals surface area contributed by atoms with Crippen molar-refractivity contribution in [2.75, 3.05) is 5.01 Å². The fourth-order valence-electron chi connectivity index (χ4n) is 2.61. The number of aromatic nitrogens is 1. The predicted octanol–water partition coefficient (Wildman–Crippen LogP) is 4.77. The Kier molecular flexibility index (Phi) is 4.24. The first kappa shape index (κ1) is 16.5. The van der Waals surface area contributed by atoms with Gasteiger partial charge in [-0.3, -0.25) is 5.01 Å². The molecule has 3 aromatic rings. The SMILES string of the molecule is N/N=C(/C1CC1)N(N)c1ccc2oc3c(Cl)cc(Cl)cc3s[nH]c2c1. The number of benzene rings is 2. The van der Waals surface area contributed by atoms with E-state index in [1.807, 2.05) is 18.2 Å². The van der Waals surface area contributed by atoms with E-state index in [0.29, 0.717) is 33.0 Å². The van der Waals surface area contributed by atoms with Crippen LogP contribution < -0.4 is 16.7 Å². The Labute approximate surface area is 157 Å². The van der Waals surface area contributed by atoms with Crippen molar-refractivity contribution in [2.24, 2.45) is 22.7 Å². The van der Waals surface area contributed by atoms with Crippen LogP contribution in [0.25, 0.3) is 21.4 Å². The summed E-state index contributed by atoms with van der Waals surface area (Å²) in [5.41, 5.74) is 2.75. The molecule has 4 rings (SSSR count). The molecule has 1 aliphatic rings. The molecule has 0 radical (unpaired) electrons. The number of hydrazine groups is 1. The zero-order chi connectivity index (χ0) is 17.6. The topological polar surface area (TPSA) is 96.6 Å². The lowest BCUT2D eigenvalue weighted by atomic mass is 10.2. The summed E-state index contributed by atoms with van der Waals surface area (Å²) in [6.45, 7) is 0. The van der Waals surface area contributed by atoms with Crippen LogP contribution in [0.3, 0.4) is 0 Å². The van der Waals surface area contributed by atoms with E-state index in [0.717, 1.165) is 28.7 Å². The summed E-state index contributed by atoms with van der Waals surface area (Å²) >= 11 is 13.7. The van der Waals surface area contributed by atoms with Crippen molar-refractivity contribution in [2.45, 2.75) is 12.8 Å². The molecule has 0 bridgehead atoms. The van der Waals surface area contributed by atoms with Crippen molar-refractivity contribution in [3.63, 3.8) is 0 Å². The van der Waals surface area contributed by atoms with E-state index >= 15 is 0 Å². The highest BCUT2D eigenvalue weighted by Crippen LogP contribution is 2.34. The number of halogens is 2. The Balaban J connectivity index is 1.85. The molecule has 0 spiro atoms. The summed E-state index contributed by atoms with van der Waals surface area (Å²) in [5, 5.41) is 6.37. The van der Waals surface area contributed by atoms with E-state index in [2.05, 4.69) is 9.47 Å². The minimum atomic E-state index is 0.331. The molecule has 1 saturated carbocycles. The average molecular weight is 396 g/mol. The van der Waals surface area contributed by atoms with Gasteiger partial charge < -0.3 is 14.6 Å². The molecule has 0 saturated heterocycles. The van der Waals surface area contributed by atoms with Crippen LogP contribution in [-0.4, -0.2) is 10.2 Å². The Morgan fingerprint density at radius 1 is 1.28 bits per heavy atom. The molecular weight excluding hydrogens is 381 g/mol. The number of anilines is 1. The number of rotatable bonds is 2. The molecule has 5 N–H and O–H groups in total. The van der Waals surface area contributed by atoms with E-state index in [-0.39, 0.29) is 0 Å². The first-order chi connectivity index (χ1) is 12.1. The molecule has 6 nitrogen and oxygen atoms in total. The number of H-pyrrole nitrogens is 1. The molecule has 1 aliphatic carbocycles. The first-order valence-electron chi connectivity index (χ1n) is 7.63. The molecule has 0 aliphatic heterocycles. The summed E-state index contributed by atoms with van der Waals surface area (Å²) < 4.78 is 10.0. The Hall–Kier alpha value is -1.93. The van der Waals surface area contributed by atoms with Gasteiger partial charge in [0, 0.05) is 10.9 Å². The van der Waals surface area contributed by atoms with Crippen molar-refractivity contribution in [3.8, 4) is 0 Å². The fraction of sp³-hybridized carbons (Fsp3) is 0.188. The largest absolute Gasteiger partial charge is 0.452 e. The summed E-state index contributed by atoms with van der Waals surface area (Å²) in [4.78, 5) is 0. The van der Waals surface area contributed by atoms with Crippen LogP contribution in [0.5, 0.6) is 0 Å². The maximum atomic E-state index is 6.26. The Bertz CT molecular complexity index is 1030. The van der Waals surface area contributed by atoms with Crippen LogP contribution in [0.4, 0.5) is 5.69 Å². The van der Waals surface area contributed by atoms with Gasteiger partial charge in [0.2, 0.25) is 0 Å². The second-order valence-corrected chi connectivity index (χ2v) is 7.52. The smallest absolute Gasteiger partial charge is 0.164 e. The molecule has 1 heterocycles. The molecule has 1 aromatic heterocycles. The summed E-state index contributed by atoms with van der Waals surface area (Å²) in [7, 11) is 0. The first-order valence-corrected chi connectivity index (χ1v) is 9.20. The van der Waals surface area contributed by atoms with E-state index < -0.39 is 0 Å². The van der Waals surface area contributed by atoms with Crippen molar-refractivity contribution >= 4 is 67.6 Å². The number of nitrogens with one attached hydrogen (secondary N) is 1. The molecule has 9 heteroatoms. The second-order valence-electron chi connectivity index (χ2n) is 5.83. The minimum Gasteiger partial charge on any atom is -0.452 e. The highest BCUT2D eigenvalue weighted by molar-refractivity contribution is 7.13. The normalized spacial score (nSPS) is 14.9. The predicted molar refractivity (Wildman–Crippen MR) is 105 cm³/mol. The number of hydrogen-bond donors (Lipinski definition) is 3. The number of hydrogen-bond acceptors (Lipinski definition) is 5. The maximum absolute atomic E-state index is 6.26. The van der Waals surface area contributed by atoms with E-state index in [1.165, 1.54) is 16.5 Å². The number of nitrogens with two attached hydrogens (primary N) is 2. The summed E-state index contributed by atoms with van der Waals surface area (Å²) in [5.74, 6) is 12.7. The number of hydrazone groups is 1. The number of nitrogens with zero attached hydrogens (tertiary/aromatic N) is 2. The van der Waals surface area contributed by atoms with Gasteiger partial charge >= 0.3 is 0 Å². The molecule has 25 heavy (non-hydrogen) atoms. The standard InChI is InChI=1S/C16H15Cl2N5OS/c17-9-5-11(18)15-14(6-9)25-22-12-7-10(3-4-13(12)24-15)23(20)16(21-19)8-1-2-8/h3-8,22H,1-2,19-20H2/b21-16-. The van der Waals surface area contributed by atoms with Gasteiger partial charge in [0.15, 0.2) is 11.2 Å². The van der Waals surface area contributed by atoms with Gasteiger partial charge in [-0.2, -0.15) is 5.10 Å². The molecule has 130 valence electrons. The van der Waals surface area contributed by atoms with Gasteiger partial charge in [-0.1, -0.05) is 34.7 Å². The third-order valence-electron chi connectivity index (χ3n) is 4.02. The van der Waals surface area contributed by atoms with Crippen LogP contribution in [-0.2, 0) is 0 Å². The highest BCUT2D eigenvalue weighted by Gasteiger charge is 2.31. The lowest BCUT2D eigenvalue weighted by Gasteiger charge is -2.19. The van der Waals surface area contributed by atoms with Gasteiger partial charge in [0.1, 0.15) is 5.84 Å². The average Bonchev–Trinajstić information content (AvgIpc) is 3.42. The lowest BCUT2D eigenvalue weighted by Crippen LogP contribution is -2.39. The number of aromatic amines is 1. The molecule has 0 amide bonds. The van der Waals surface area contributed by atoms with Gasteiger partial charge in [-0.15, -0.1) is 0 Å². The zero-order valence-electron chi connectivity index (χ0n) is 13.0. The quantitative estimate of drug-likeness (QED) is 0.252. The second kappa shape index (κ2) is 6.42. The Morgan fingerprint density at radius 3 is 2.80 bits per heavy atom. The number of fused-ring (bicyclic) bond motifs is 2. The van der Waals surface area contributed by atoms with Crippen LogP contribution in [0.15, 0.2) is 39.9 Å². The highest BCUT2D eigenvalue weighted by atomic mass is 35.5. The van der Waals surface area contributed by atoms with Crippen LogP contribution in [0, 0.1) is 5.92 Å². The van der Waals surface area contributed by atoms with Crippen LogP contribution >= 0.6 is 34.7 Å². The minimum absolute atomic E-state index is 0.331. The summed E-state index contributed by atoms with van der Waals surface area (Å²) in [6, 6.07) is 9.03. The van der Waals surface area contributed by atoms with Crippen LogP contribution in [0.2, 0.25) is 10.0 Å². The van der Waals surface area contributed by atoms with Gasteiger partial charge in [0.25, 0.3) is 0 Å². The van der Waals surface area contributed by atoms with Crippen molar-refractivity contribution < 1.29 is 4.42 Å². The third kappa shape index (κ3) is 3.16. The molecule has 0 atom stereocenters. The van der Waals surface area contributed by atoms with E-state index in [1.54, 1.807) is 12.1 Å². The molecule has 0 unspecified atom stereocenters. The number of amidine groups is 1. The van der Waals surface area contributed by atoms with Crippen molar-refractivity contribution in [3.05, 3.63) is 40.4 Å². The third-order valence-corrected chi connectivity index (χ3v) is 5.36. The monoisotopic (exact) mass is 395 g/mol. The van der Waals surface area contributed by atoms with Gasteiger partial charge in [-0.25, -0.2) is 5.84 Å². The molecular formula is C16H15Cl2N5OS. The van der Waals surface area contributed by atoms with Crippen LogP contribution in [0.1, 0.15) is 12.8 Å². The van der Waals surface area contributed by atoms with Gasteiger partial charge in [-0.05, 0) is 43.2 Å². The van der Waals surface area contributed by atoms with Crippen molar-refractivity contribution in [1.82, 2.24) is 4.37 Å². The van der Waals surface area contributed by atoms with E-state index in [4.69, 9.17) is 39.3 Å². The maximum Gasteiger partial charge on any atom is 0.164 e. The van der Waals surface area contributed by atoms with Gasteiger partial charge in [0.05, 0.1) is 20.9 Å². The fourth-order valence-corrected chi connectivity index (χ4v) is 4.07. The molecule has 2 aromatic carbocycles. The lowest BCUT2D eigenvalue weighted by molar-refractivity contribution is 0.663. The van der Waals surface area contributed by atoms with E-state index in [9.17, 15) is 0 Å². The molecule has 1 fully saturated rings. The zero-order valence-corrected chi connectivity index (χ0v) is 15.3. The van der Waals surface area contributed by atoms with Crippen molar-refractivity contribution in [1.29, 1.82) is 0 Å². The summed E-state index contributed by atoms with van der Waals surface area (Å²) in [6.07, 6.45) is 2.11.